The van der Waals surface area contributed by atoms with Gasteiger partial charge in [0.25, 0.3) is 0 Å². The molecule has 35 heavy (non-hydrogen) atoms. The van der Waals surface area contributed by atoms with E-state index in [1.54, 1.807) is 42.8 Å². The first-order valence-electron chi connectivity index (χ1n) is 11.5. The summed E-state index contributed by atoms with van der Waals surface area (Å²) in [6, 6.07) is 18.7. The number of nitrogens with zero attached hydrogens (tertiary/aromatic N) is 3. The van der Waals surface area contributed by atoms with E-state index in [9.17, 15) is 10.1 Å². The van der Waals surface area contributed by atoms with Gasteiger partial charge in [0.2, 0.25) is 6.29 Å². The summed E-state index contributed by atoms with van der Waals surface area (Å²) >= 11 is 6.63. The second kappa shape index (κ2) is 10.8. The van der Waals surface area contributed by atoms with Gasteiger partial charge in [-0.15, -0.1) is 0 Å². The summed E-state index contributed by atoms with van der Waals surface area (Å²) in [7, 11) is 0. The van der Waals surface area contributed by atoms with E-state index in [1.807, 2.05) is 37.3 Å². The molecule has 0 N–H and O–H groups in total. The van der Waals surface area contributed by atoms with Crippen LogP contribution in [0.3, 0.4) is 0 Å². The van der Waals surface area contributed by atoms with Gasteiger partial charge in [0, 0.05) is 13.5 Å². The van der Waals surface area contributed by atoms with Gasteiger partial charge in [-0.1, -0.05) is 74.8 Å². The lowest BCUT2D eigenvalue weighted by atomic mass is 9.86. The van der Waals surface area contributed by atoms with Crippen LogP contribution in [0.2, 0.25) is 5.02 Å². The van der Waals surface area contributed by atoms with Crippen LogP contribution in [0.5, 0.6) is 0 Å². The van der Waals surface area contributed by atoms with E-state index in [0.717, 1.165) is 5.56 Å². The predicted octanol–water partition coefficient (Wildman–Crippen LogP) is 6.77. The van der Waals surface area contributed by atoms with Crippen LogP contribution >= 0.6 is 11.6 Å². The Kier molecular flexibility index (Phi) is 8.03. The minimum atomic E-state index is -0.994. The highest BCUT2D eigenvalue weighted by Gasteiger charge is 2.26. The maximum absolute atomic E-state index is 12.6. The summed E-state index contributed by atoms with van der Waals surface area (Å²) in [5.74, 6) is -0.325. The third-order valence-electron chi connectivity index (χ3n) is 5.51. The van der Waals surface area contributed by atoms with Crippen LogP contribution < -0.4 is 0 Å². The molecule has 0 amide bonds. The number of allylic oxidation sites excluding steroid dienone is 1. The average molecular weight is 492 g/mol. The van der Waals surface area contributed by atoms with Crippen molar-refractivity contribution in [2.45, 2.75) is 59.8 Å². The van der Waals surface area contributed by atoms with Gasteiger partial charge < -0.3 is 9.47 Å². The maximum Gasteiger partial charge on any atom is 0.341 e. The smallest absolute Gasteiger partial charge is 0.341 e. The first-order valence-corrected chi connectivity index (χ1v) is 11.9. The fourth-order valence-electron chi connectivity index (χ4n) is 3.60. The number of carbonyl (C=O) groups excluding carboxylic acids is 1. The van der Waals surface area contributed by atoms with E-state index >= 15 is 0 Å². The number of hydrogen-bond acceptors (Lipinski definition) is 5. The maximum atomic E-state index is 12.6. The molecule has 7 heteroatoms. The molecule has 0 saturated heterocycles. The second-order valence-corrected chi connectivity index (χ2v) is 9.54. The van der Waals surface area contributed by atoms with Crippen molar-refractivity contribution in [3.63, 3.8) is 0 Å². The predicted molar refractivity (Wildman–Crippen MR) is 138 cm³/mol. The highest BCUT2D eigenvalue weighted by Crippen LogP contribution is 2.35. The Morgan fingerprint density at radius 2 is 1.71 bits per heavy atom. The van der Waals surface area contributed by atoms with Crippen LogP contribution in [0, 0.1) is 18.3 Å². The average Bonchev–Trinajstić information content (AvgIpc) is 3.12. The van der Waals surface area contributed by atoms with E-state index in [0.29, 0.717) is 34.1 Å². The van der Waals surface area contributed by atoms with Crippen molar-refractivity contribution in [2.75, 3.05) is 0 Å². The number of hydrogen-bond donors (Lipinski definition) is 0. The van der Waals surface area contributed by atoms with E-state index in [2.05, 4.69) is 31.9 Å². The fourth-order valence-corrected chi connectivity index (χ4v) is 3.83. The zero-order valence-electron chi connectivity index (χ0n) is 20.9. The highest BCUT2D eigenvalue weighted by atomic mass is 35.5. The standard InChI is InChI=1S/C28H30ClN3O3/c1-7-32-25(24(29)18(2)31-32)26(34-19(3)35-27(33)21-11-9-8-10-12-21)23(17-30)20-13-15-22(16-14-20)28(4,5)6/h8-16,19H,7H2,1-6H3/b26-23-. The van der Waals surface area contributed by atoms with E-state index in [1.165, 1.54) is 0 Å². The largest absolute Gasteiger partial charge is 0.451 e. The Balaban J connectivity index is 2.08. The van der Waals surface area contributed by atoms with Crippen LogP contribution in [0.15, 0.2) is 54.6 Å². The quantitative estimate of drug-likeness (QED) is 0.158. The normalized spacial score (nSPS) is 13.0. The van der Waals surface area contributed by atoms with Crippen LogP contribution in [0.25, 0.3) is 11.3 Å². The topological polar surface area (TPSA) is 77.1 Å². The van der Waals surface area contributed by atoms with Crippen LogP contribution in [-0.4, -0.2) is 22.0 Å². The molecule has 1 heterocycles. The van der Waals surface area contributed by atoms with E-state index < -0.39 is 12.3 Å². The SMILES string of the molecule is CCn1nc(C)c(Cl)c1/C(OC(C)OC(=O)c1ccccc1)=C(\C#N)c1ccc(C(C)(C)C)cc1. The van der Waals surface area contributed by atoms with Gasteiger partial charge in [-0.05, 0) is 42.5 Å². The van der Waals surface area contributed by atoms with E-state index in [-0.39, 0.29) is 16.7 Å². The number of benzene rings is 2. The third-order valence-corrected chi connectivity index (χ3v) is 5.97. The molecule has 0 fully saturated rings. The number of aromatic nitrogens is 2. The number of ether oxygens (including phenoxy) is 2. The molecular formula is C28H30ClN3O3. The molecule has 1 aromatic heterocycles. The Morgan fingerprint density at radius 1 is 1.09 bits per heavy atom. The van der Waals surface area contributed by atoms with Gasteiger partial charge in [-0.3, -0.25) is 4.68 Å². The molecule has 3 rings (SSSR count). The second-order valence-electron chi connectivity index (χ2n) is 9.16. The lowest BCUT2D eigenvalue weighted by Crippen LogP contribution is -2.19. The molecule has 2 aromatic carbocycles. The Morgan fingerprint density at radius 3 is 2.26 bits per heavy atom. The van der Waals surface area contributed by atoms with Gasteiger partial charge >= 0.3 is 5.97 Å². The molecule has 0 aliphatic heterocycles. The van der Waals surface area contributed by atoms with Crippen LogP contribution in [0.4, 0.5) is 0 Å². The zero-order valence-corrected chi connectivity index (χ0v) is 21.7. The van der Waals surface area contributed by atoms with Gasteiger partial charge in [0.05, 0.1) is 16.3 Å². The van der Waals surface area contributed by atoms with Gasteiger partial charge in [0.15, 0.2) is 5.76 Å². The number of rotatable bonds is 7. The molecule has 0 aliphatic carbocycles. The summed E-state index contributed by atoms with van der Waals surface area (Å²) in [6.07, 6.45) is -0.994. The molecule has 0 radical (unpaired) electrons. The van der Waals surface area contributed by atoms with Crippen LogP contribution in [0.1, 0.15) is 67.5 Å². The van der Waals surface area contributed by atoms with Crippen LogP contribution in [-0.2, 0) is 21.4 Å². The molecule has 6 nitrogen and oxygen atoms in total. The molecule has 0 bridgehead atoms. The molecular weight excluding hydrogens is 462 g/mol. The van der Waals surface area contributed by atoms with Gasteiger partial charge in [-0.2, -0.15) is 10.4 Å². The fraction of sp³-hybridized carbons (Fsp3) is 0.321. The first kappa shape index (κ1) is 26.1. The van der Waals surface area contributed by atoms with Crippen molar-refractivity contribution in [3.8, 4) is 6.07 Å². The Labute approximate surface area is 211 Å². The number of aryl methyl sites for hydroxylation is 2. The van der Waals surface area contributed by atoms with Crippen molar-refractivity contribution in [2.24, 2.45) is 0 Å². The number of carbonyl (C=O) groups is 1. The van der Waals surface area contributed by atoms with Crippen molar-refractivity contribution >= 4 is 28.9 Å². The monoisotopic (exact) mass is 491 g/mol. The van der Waals surface area contributed by atoms with Crippen molar-refractivity contribution in [1.29, 1.82) is 5.26 Å². The van der Waals surface area contributed by atoms with Gasteiger partial charge in [-0.25, -0.2) is 4.79 Å². The lowest BCUT2D eigenvalue weighted by Gasteiger charge is -2.21. The van der Waals surface area contributed by atoms with Gasteiger partial charge in [0.1, 0.15) is 17.3 Å². The molecule has 0 spiro atoms. The number of nitriles is 1. The molecule has 3 aromatic rings. The molecule has 1 atom stereocenters. The number of esters is 1. The minimum Gasteiger partial charge on any atom is -0.451 e. The summed E-state index contributed by atoms with van der Waals surface area (Å²) in [6.45, 7) is 12.2. The number of halogens is 1. The highest BCUT2D eigenvalue weighted by molar-refractivity contribution is 6.33. The summed E-state index contributed by atoms with van der Waals surface area (Å²) in [5, 5.41) is 15.1. The van der Waals surface area contributed by atoms with Crippen molar-refractivity contribution < 1.29 is 14.3 Å². The molecule has 0 aliphatic rings. The summed E-state index contributed by atoms with van der Waals surface area (Å²) in [4.78, 5) is 12.6. The molecule has 182 valence electrons. The Hall–Kier alpha value is -3.56. The molecule has 0 saturated carbocycles. The first-order chi connectivity index (χ1) is 16.6. The summed E-state index contributed by atoms with van der Waals surface area (Å²) < 4.78 is 13.3. The lowest BCUT2D eigenvalue weighted by molar-refractivity contribution is -0.0515. The Bertz CT molecular complexity index is 1260. The summed E-state index contributed by atoms with van der Waals surface area (Å²) in [5.41, 5.74) is 3.51. The van der Waals surface area contributed by atoms with Crippen molar-refractivity contribution in [1.82, 2.24) is 9.78 Å². The van der Waals surface area contributed by atoms with Crippen molar-refractivity contribution in [3.05, 3.63) is 87.7 Å². The molecule has 1 unspecified atom stereocenters. The minimum absolute atomic E-state index is 0.0320. The van der Waals surface area contributed by atoms with E-state index in [4.69, 9.17) is 21.1 Å². The third kappa shape index (κ3) is 5.93. The zero-order chi connectivity index (χ0) is 25.8.